The van der Waals surface area contributed by atoms with Crippen LogP contribution >= 0.6 is 0 Å². The van der Waals surface area contributed by atoms with Gasteiger partial charge in [0.05, 0.1) is 6.54 Å². The van der Waals surface area contributed by atoms with E-state index < -0.39 is 23.7 Å². The first-order valence-electron chi connectivity index (χ1n) is 5.08. The maximum atomic E-state index is 12.2. The van der Waals surface area contributed by atoms with E-state index in [9.17, 15) is 22.8 Å². The molecule has 0 aromatic rings. The molecular weight excluding hydrogens is 257 g/mol. The standard InChI is InChI=1S/C9H9F3N2O4/c10-9(11,12)7(17)14-2-1-8(4-14)3-5(6(15)16)13-18-8/h1-4H2,(H,15,16). The Morgan fingerprint density at radius 3 is 2.61 bits per heavy atom. The van der Waals surface area contributed by atoms with Gasteiger partial charge in [-0.05, 0) is 0 Å². The third-order valence-corrected chi connectivity index (χ3v) is 2.93. The summed E-state index contributed by atoms with van der Waals surface area (Å²) in [7, 11) is 0. The highest BCUT2D eigenvalue weighted by Gasteiger charge is 2.52. The van der Waals surface area contributed by atoms with E-state index in [0.29, 0.717) is 4.90 Å². The maximum absolute atomic E-state index is 12.2. The molecule has 1 unspecified atom stereocenters. The summed E-state index contributed by atoms with van der Waals surface area (Å²) in [5.41, 5.74) is -1.36. The number of amides is 1. The van der Waals surface area contributed by atoms with E-state index in [1.165, 1.54) is 0 Å². The Morgan fingerprint density at radius 1 is 1.44 bits per heavy atom. The van der Waals surface area contributed by atoms with Crippen LogP contribution in [0, 0.1) is 0 Å². The summed E-state index contributed by atoms with van der Waals surface area (Å²) in [6.07, 6.45) is -4.89. The fraction of sp³-hybridized carbons (Fsp3) is 0.667. The molecule has 0 saturated carbocycles. The Kier molecular flexibility index (Phi) is 2.71. The van der Waals surface area contributed by atoms with E-state index in [4.69, 9.17) is 9.94 Å². The fourth-order valence-corrected chi connectivity index (χ4v) is 2.05. The number of rotatable bonds is 1. The molecule has 1 amide bonds. The van der Waals surface area contributed by atoms with Gasteiger partial charge in [0.25, 0.3) is 0 Å². The third kappa shape index (κ3) is 2.12. The molecule has 0 bridgehead atoms. The molecule has 2 aliphatic heterocycles. The first kappa shape index (κ1) is 12.7. The number of oxime groups is 1. The molecule has 0 aromatic heterocycles. The van der Waals surface area contributed by atoms with E-state index in [1.54, 1.807) is 0 Å². The number of carboxylic acids is 1. The van der Waals surface area contributed by atoms with Crippen LogP contribution in [-0.2, 0) is 14.4 Å². The lowest BCUT2D eigenvalue weighted by molar-refractivity contribution is -0.185. The molecule has 2 heterocycles. The van der Waals surface area contributed by atoms with Crippen LogP contribution in [0.1, 0.15) is 12.8 Å². The van der Waals surface area contributed by atoms with Gasteiger partial charge in [0.15, 0.2) is 11.3 Å². The maximum Gasteiger partial charge on any atom is 0.471 e. The Labute approximate surface area is 99.0 Å². The summed E-state index contributed by atoms with van der Waals surface area (Å²) in [6.45, 7) is -0.424. The van der Waals surface area contributed by atoms with Crippen LogP contribution in [0.2, 0.25) is 0 Å². The highest BCUT2D eigenvalue weighted by molar-refractivity contribution is 6.36. The molecule has 2 aliphatic rings. The van der Waals surface area contributed by atoms with E-state index in [1.807, 2.05) is 0 Å². The minimum atomic E-state index is -4.93. The number of aliphatic carboxylic acids is 1. The first-order valence-corrected chi connectivity index (χ1v) is 5.08. The van der Waals surface area contributed by atoms with E-state index in [0.717, 1.165) is 0 Å². The molecule has 0 aromatic carbocycles. The van der Waals surface area contributed by atoms with E-state index >= 15 is 0 Å². The molecule has 1 N–H and O–H groups in total. The van der Waals surface area contributed by atoms with Gasteiger partial charge in [0.1, 0.15) is 0 Å². The van der Waals surface area contributed by atoms with Crippen LogP contribution < -0.4 is 0 Å². The predicted octanol–water partition coefficient (Wildman–Crippen LogP) is 0.381. The number of alkyl halides is 3. The van der Waals surface area contributed by atoms with Crippen molar-refractivity contribution in [2.75, 3.05) is 13.1 Å². The van der Waals surface area contributed by atoms with Crippen LogP contribution in [0.5, 0.6) is 0 Å². The number of carbonyl (C=O) groups excluding carboxylic acids is 1. The molecule has 6 nitrogen and oxygen atoms in total. The predicted molar refractivity (Wildman–Crippen MR) is 50.8 cm³/mol. The lowest BCUT2D eigenvalue weighted by atomic mass is 9.97. The molecule has 2 rings (SSSR count). The molecular formula is C9H9F3N2O4. The lowest BCUT2D eigenvalue weighted by Gasteiger charge is -2.22. The molecule has 1 fully saturated rings. The summed E-state index contributed by atoms with van der Waals surface area (Å²) in [5, 5.41) is 12.0. The van der Waals surface area contributed by atoms with Crippen molar-refractivity contribution in [3.63, 3.8) is 0 Å². The van der Waals surface area contributed by atoms with Gasteiger partial charge >= 0.3 is 18.1 Å². The molecule has 9 heteroatoms. The largest absolute Gasteiger partial charge is 0.477 e. The van der Waals surface area contributed by atoms with E-state index in [2.05, 4.69) is 5.16 Å². The summed E-state index contributed by atoms with van der Waals surface area (Å²) < 4.78 is 36.7. The SMILES string of the molecule is O=C(O)C1=NOC2(CCN(C(=O)C(F)(F)F)C2)C1. The molecule has 1 spiro atoms. The van der Waals surface area contributed by atoms with Crippen molar-refractivity contribution in [3.8, 4) is 0 Å². The van der Waals surface area contributed by atoms with Crippen LogP contribution in [0.3, 0.4) is 0 Å². The number of nitrogens with zero attached hydrogens (tertiary/aromatic N) is 2. The number of hydrogen-bond acceptors (Lipinski definition) is 4. The monoisotopic (exact) mass is 266 g/mol. The normalized spacial score (nSPS) is 27.3. The lowest BCUT2D eigenvalue weighted by Crippen LogP contribution is -2.42. The second-order valence-electron chi connectivity index (χ2n) is 4.27. The molecule has 1 saturated heterocycles. The Morgan fingerprint density at radius 2 is 2.11 bits per heavy atom. The minimum Gasteiger partial charge on any atom is -0.477 e. The zero-order valence-electron chi connectivity index (χ0n) is 9.03. The highest BCUT2D eigenvalue weighted by atomic mass is 19.4. The summed E-state index contributed by atoms with van der Waals surface area (Å²) in [6, 6.07) is 0. The van der Waals surface area contributed by atoms with Crippen molar-refractivity contribution < 1.29 is 32.7 Å². The summed E-state index contributed by atoms with van der Waals surface area (Å²) in [4.78, 5) is 27.2. The number of carboxylic acid groups (broad SMARTS) is 1. The fourth-order valence-electron chi connectivity index (χ4n) is 2.05. The van der Waals surface area contributed by atoms with Crippen LogP contribution in [-0.4, -0.2) is 52.5 Å². The Hall–Kier alpha value is -1.80. The first-order chi connectivity index (χ1) is 8.23. The second-order valence-corrected chi connectivity index (χ2v) is 4.27. The molecule has 0 aliphatic carbocycles. The average molecular weight is 266 g/mol. The zero-order chi connectivity index (χ0) is 13.6. The molecule has 18 heavy (non-hydrogen) atoms. The molecule has 1 atom stereocenters. The quantitative estimate of drug-likeness (QED) is 0.744. The number of carbonyl (C=O) groups is 2. The molecule has 100 valence electrons. The number of halogens is 3. The number of likely N-dealkylation sites (tertiary alicyclic amines) is 1. The number of hydrogen-bond donors (Lipinski definition) is 1. The van der Waals surface area contributed by atoms with Gasteiger partial charge in [-0.15, -0.1) is 0 Å². The van der Waals surface area contributed by atoms with Gasteiger partial charge in [0.2, 0.25) is 0 Å². The van der Waals surface area contributed by atoms with Gasteiger partial charge < -0.3 is 14.8 Å². The van der Waals surface area contributed by atoms with Crippen molar-refractivity contribution in [1.82, 2.24) is 4.90 Å². The summed E-state index contributed by atoms with van der Waals surface area (Å²) >= 11 is 0. The van der Waals surface area contributed by atoms with Gasteiger partial charge in [-0.3, -0.25) is 4.79 Å². The van der Waals surface area contributed by atoms with Crippen LogP contribution in [0.25, 0.3) is 0 Å². The summed E-state index contributed by atoms with van der Waals surface area (Å²) in [5.74, 6) is -3.21. The van der Waals surface area contributed by atoms with Crippen molar-refractivity contribution in [3.05, 3.63) is 0 Å². The van der Waals surface area contributed by atoms with Crippen LogP contribution in [0.4, 0.5) is 13.2 Å². The topological polar surface area (TPSA) is 79.2 Å². The zero-order valence-corrected chi connectivity index (χ0v) is 9.03. The van der Waals surface area contributed by atoms with Gasteiger partial charge in [0, 0.05) is 19.4 Å². The minimum absolute atomic E-state index is 0.0933. The Balaban J connectivity index is 2.02. The van der Waals surface area contributed by atoms with Crippen molar-refractivity contribution in [2.45, 2.75) is 24.6 Å². The van der Waals surface area contributed by atoms with Gasteiger partial charge in [-0.2, -0.15) is 13.2 Å². The van der Waals surface area contributed by atoms with Crippen molar-refractivity contribution in [1.29, 1.82) is 0 Å². The van der Waals surface area contributed by atoms with Gasteiger partial charge in [-0.1, -0.05) is 5.16 Å². The Bertz CT molecular complexity index is 434. The highest BCUT2D eigenvalue weighted by Crippen LogP contribution is 2.35. The average Bonchev–Trinajstić information content (AvgIpc) is 2.85. The second kappa shape index (κ2) is 3.85. The molecule has 0 radical (unpaired) electrons. The van der Waals surface area contributed by atoms with Crippen molar-refractivity contribution in [2.24, 2.45) is 5.16 Å². The third-order valence-electron chi connectivity index (χ3n) is 2.93. The smallest absolute Gasteiger partial charge is 0.471 e. The van der Waals surface area contributed by atoms with Crippen molar-refractivity contribution >= 4 is 17.6 Å². The van der Waals surface area contributed by atoms with E-state index in [-0.39, 0.29) is 31.6 Å². The van der Waals surface area contributed by atoms with Crippen LogP contribution in [0.15, 0.2) is 5.16 Å². The van der Waals surface area contributed by atoms with Gasteiger partial charge in [-0.25, -0.2) is 4.79 Å².